The molecule has 2 amide bonds. The summed E-state index contributed by atoms with van der Waals surface area (Å²) in [6, 6.07) is 9.66. The minimum atomic E-state index is -1.68. The van der Waals surface area contributed by atoms with E-state index in [9.17, 15) is 19.5 Å². The highest BCUT2D eigenvalue weighted by Crippen LogP contribution is 2.54. The number of thioether (sulfide) groups is 1. The number of hydrogen-bond acceptors (Lipinski definition) is 5. The number of benzene rings is 1. The van der Waals surface area contributed by atoms with Crippen LogP contribution in [0.2, 0.25) is 0 Å². The van der Waals surface area contributed by atoms with E-state index in [1.165, 1.54) is 23.1 Å². The van der Waals surface area contributed by atoms with Crippen LogP contribution in [0.3, 0.4) is 0 Å². The highest BCUT2D eigenvalue weighted by molar-refractivity contribution is 8.00. The summed E-state index contributed by atoms with van der Waals surface area (Å²) in [5.74, 6) is -1.70. The Morgan fingerprint density at radius 1 is 1.08 bits per heavy atom. The van der Waals surface area contributed by atoms with Gasteiger partial charge >= 0.3 is 0 Å². The molecule has 2 heterocycles. The van der Waals surface area contributed by atoms with Crippen LogP contribution in [-0.2, 0) is 14.4 Å². The second-order valence-corrected chi connectivity index (χ2v) is 12.5. The lowest BCUT2D eigenvalue weighted by atomic mass is 9.62. The first-order valence-electron chi connectivity index (χ1n) is 14.1. The summed E-state index contributed by atoms with van der Waals surface area (Å²) in [6.45, 7) is 7.34. The fraction of sp³-hybridized carbons (Fsp3) is 0.633. The van der Waals surface area contributed by atoms with Gasteiger partial charge in [-0.05, 0) is 63.0 Å². The van der Waals surface area contributed by atoms with Gasteiger partial charge in [-0.1, -0.05) is 50.1 Å². The fourth-order valence-electron chi connectivity index (χ4n) is 7.53. The Morgan fingerprint density at radius 3 is 2.49 bits per heavy atom. The number of fused-ring (bicyclic) bond motifs is 2. The lowest BCUT2D eigenvalue weighted by Gasteiger charge is -2.42. The summed E-state index contributed by atoms with van der Waals surface area (Å²) in [5.41, 5.74) is -1.68. The lowest BCUT2D eigenvalue weighted by molar-refractivity contribution is -0.155. The van der Waals surface area contributed by atoms with Crippen molar-refractivity contribution in [2.24, 2.45) is 35.5 Å². The molecule has 1 N–H and O–H groups in total. The molecular formula is C30H40N2O4S. The number of hydrogen-bond donors (Lipinski definition) is 1. The molecule has 200 valence electrons. The monoisotopic (exact) mass is 524 g/mol. The lowest BCUT2D eigenvalue weighted by Crippen LogP contribution is -2.55. The Kier molecular flexibility index (Phi) is 7.56. The Labute approximate surface area is 224 Å². The highest BCUT2D eigenvalue weighted by atomic mass is 32.2. The van der Waals surface area contributed by atoms with Crippen LogP contribution in [0.4, 0.5) is 0 Å². The third-order valence-electron chi connectivity index (χ3n) is 9.42. The molecule has 8 atom stereocenters. The third-order valence-corrected chi connectivity index (χ3v) is 10.8. The minimum absolute atomic E-state index is 0.0379. The summed E-state index contributed by atoms with van der Waals surface area (Å²) in [5, 5.41) is 11.6. The summed E-state index contributed by atoms with van der Waals surface area (Å²) in [4.78, 5) is 46.2. The second kappa shape index (κ2) is 10.6. The molecule has 37 heavy (non-hydrogen) atoms. The molecule has 3 fully saturated rings. The van der Waals surface area contributed by atoms with E-state index in [-0.39, 0.29) is 35.4 Å². The van der Waals surface area contributed by atoms with E-state index in [0.29, 0.717) is 32.0 Å². The number of Topliss-reactive ketones (excluding diaryl/α,β-unsaturated/α-hetero) is 1. The van der Waals surface area contributed by atoms with Gasteiger partial charge < -0.3 is 14.9 Å². The topological polar surface area (TPSA) is 77.9 Å². The molecule has 0 bridgehead atoms. The highest BCUT2D eigenvalue weighted by Gasteiger charge is 2.68. The van der Waals surface area contributed by atoms with Gasteiger partial charge in [0.15, 0.2) is 11.5 Å². The number of carbonyl (C=O) groups excluding carboxylic acids is 3. The van der Waals surface area contributed by atoms with Crippen molar-refractivity contribution in [3.05, 3.63) is 42.5 Å². The summed E-state index contributed by atoms with van der Waals surface area (Å²) < 4.78 is 0. The molecule has 2 saturated heterocycles. The number of allylic oxidation sites excluding steroid dienone is 2. The molecule has 1 unspecified atom stereocenters. The molecule has 0 radical (unpaired) electrons. The fourth-order valence-corrected chi connectivity index (χ4v) is 8.99. The third kappa shape index (κ3) is 4.36. The zero-order chi connectivity index (χ0) is 26.3. The maximum Gasteiger partial charge on any atom is 0.236 e. The van der Waals surface area contributed by atoms with Gasteiger partial charge in [0.1, 0.15) is 5.92 Å². The molecule has 1 aromatic carbocycles. The molecule has 0 spiro atoms. The average molecular weight is 525 g/mol. The zero-order valence-electron chi connectivity index (χ0n) is 22.2. The molecule has 2 aliphatic heterocycles. The number of amides is 2. The summed E-state index contributed by atoms with van der Waals surface area (Å²) in [6.07, 6.45) is 9.25. The normalized spacial score (nSPS) is 36.8. The van der Waals surface area contributed by atoms with Crippen molar-refractivity contribution in [3.8, 4) is 0 Å². The van der Waals surface area contributed by atoms with E-state index in [4.69, 9.17) is 0 Å². The SMILES string of the molecule is CCN(CC)C(=O)[C@@H]1CCN2C(=O)[C@@H](C(=O)C3[C@H]4CCCC[C@@H]4C=C[C@@H]3C)[C@@H](Sc3ccccc3)[C@]12O. The van der Waals surface area contributed by atoms with Crippen LogP contribution in [0.5, 0.6) is 0 Å². The van der Waals surface area contributed by atoms with Crippen molar-refractivity contribution < 1.29 is 19.5 Å². The number of ketones is 1. The van der Waals surface area contributed by atoms with Crippen LogP contribution >= 0.6 is 11.8 Å². The molecule has 6 nitrogen and oxygen atoms in total. The van der Waals surface area contributed by atoms with Crippen LogP contribution in [0.15, 0.2) is 47.4 Å². The Bertz CT molecular complexity index is 1060. The Morgan fingerprint density at radius 2 is 1.78 bits per heavy atom. The number of carbonyl (C=O) groups is 3. The van der Waals surface area contributed by atoms with Gasteiger partial charge in [-0.3, -0.25) is 14.4 Å². The van der Waals surface area contributed by atoms with E-state index in [1.54, 1.807) is 4.90 Å². The largest absolute Gasteiger partial charge is 0.369 e. The molecule has 7 heteroatoms. The van der Waals surface area contributed by atoms with Crippen LogP contribution in [0.1, 0.15) is 52.9 Å². The first-order chi connectivity index (χ1) is 17.8. The van der Waals surface area contributed by atoms with Crippen molar-refractivity contribution in [3.63, 3.8) is 0 Å². The standard InChI is InChI=1S/C30H40N2O4S/c1-4-31(5-2)28(34)23-17-18-32-29(35)25(27(30(23,32)36)37-21-12-7-6-8-13-21)26(33)24-19(3)15-16-20-11-9-10-14-22(20)24/h6-8,12-13,15-16,19-20,22-25,27,36H,4-5,9-11,14,17-18H2,1-3H3/t19-,20+,22-,23-,24?,25-,27+,30+/m0/s1. The van der Waals surface area contributed by atoms with E-state index >= 15 is 0 Å². The van der Waals surface area contributed by atoms with Gasteiger partial charge in [-0.25, -0.2) is 0 Å². The van der Waals surface area contributed by atoms with Gasteiger partial charge in [-0.2, -0.15) is 0 Å². The van der Waals surface area contributed by atoms with E-state index < -0.39 is 22.8 Å². The quantitative estimate of drug-likeness (QED) is 0.423. The van der Waals surface area contributed by atoms with Crippen LogP contribution in [-0.4, -0.2) is 63.1 Å². The van der Waals surface area contributed by atoms with E-state index in [1.807, 2.05) is 44.2 Å². The van der Waals surface area contributed by atoms with Gasteiger partial charge in [-0.15, -0.1) is 11.8 Å². The Hall–Kier alpha value is -2.12. The number of nitrogens with zero attached hydrogens (tertiary/aromatic N) is 2. The van der Waals surface area contributed by atoms with E-state index in [2.05, 4.69) is 19.1 Å². The molecular weight excluding hydrogens is 484 g/mol. The van der Waals surface area contributed by atoms with Gasteiger partial charge in [0.2, 0.25) is 11.8 Å². The maximum absolute atomic E-state index is 14.5. The van der Waals surface area contributed by atoms with Crippen LogP contribution in [0.25, 0.3) is 0 Å². The van der Waals surface area contributed by atoms with Crippen LogP contribution in [0, 0.1) is 35.5 Å². The van der Waals surface area contributed by atoms with Crippen molar-refractivity contribution in [2.45, 2.75) is 68.7 Å². The molecule has 0 aromatic heterocycles. The number of rotatable bonds is 7. The molecule has 1 saturated carbocycles. The van der Waals surface area contributed by atoms with Gasteiger partial charge in [0, 0.05) is 30.4 Å². The van der Waals surface area contributed by atoms with Gasteiger partial charge in [0.05, 0.1) is 11.2 Å². The minimum Gasteiger partial charge on any atom is -0.369 e. The predicted molar refractivity (Wildman–Crippen MR) is 145 cm³/mol. The first kappa shape index (κ1) is 26.5. The molecule has 1 aromatic rings. The smallest absolute Gasteiger partial charge is 0.236 e. The van der Waals surface area contributed by atoms with Crippen molar-refractivity contribution in [1.29, 1.82) is 0 Å². The van der Waals surface area contributed by atoms with Crippen molar-refractivity contribution >= 4 is 29.4 Å². The van der Waals surface area contributed by atoms with Gasteiger partial charge in [0.25, 0.3) is 0 Å². The number of aliphatic hydroxyl groups is 1. The maximum atomic E-state index is 14.5. The average Bonchev–Trinajstić information content (AvgIpc) is 3.36. The summed E-state index contributed by atoms with van der Waals surface area (Å²) in [7, 11) is 0. The first-order valence-corrected chi connectivity index (χ1v) is 15.0. The zero-order valence-corrected chi connectivity index (χ0v) is 23.0. The van der Waals surface area contributed by atoms with Crippen molar-refractivity contribution in [2.75, 3.05) is 19.6 Å². The molecule has 4 aliphatic rings. The second-order valence-electron chi connectivity index (χ2n) is 11.2. The predicted octanol–water partition coefficient (Wildman–Crippen LogP) is 4.38. The molecule has 5 rings (SSSR count). The van der Waals surface area contributed by atoms with Crippen molar-refractivity contribution in [1.82, 2.24) is 9.80 Å². The van der Waals surface area contributed by atoms with E-state index in [0.717, 1.165) is 24.2 Å². The Balaban J connectivity index is 1.54. The van der Waals surface area contributed by atoms with Crippen LogP contribution < -0.4 is 0 Å². The summed E-state index contributed by atoms with van der Waals surface area (Å²) >= 11 is 1.39. The molecule has 2 aliphatic carbocycles.